The summed E-state index contributed by atoms with van der Waals surface area (Å²) in [6.07, 6.45) is -2.31. The number of carbonyl (C=O) groups is 2. The number of hydrogen-bond acceptors (Lipinski definition) is 4. The van der Waals surface area contributed by atoms with Crippen molar-refractivity contribution in [1.29, 1.82) is 0 Å². The van der Waals surface area contributed by atoms with E-state index in [4.69, 9.17) is 0 Å². The Kier molecular flexibility index (Phi) is 5.85. The number of piperazine rings is 1. The summed E-state index contributed by atoms with van der Waals surface area (Å²) in [7, 11) is 0. The van der Waals surface area contributed by atoms with E-state index >= 15 is 0 Å². The summed E-state index contributed by atoms with van der Waals surface area (Å²) in [5, 5.41) is 4.83. The lowest BCUT2D eigenvalue weighted by Gasteiger charge is -2.37. The molecule has 2 rings (SSSR count). The third kappa shape index (κ3) is 6.34. The fraction of sp³-hybridized carbons (Fsp3) is 0.857. The molecule has 2 amide bonds. The number of nitrogens with one attached hydrogen (secondary N) is 2. The van der Waals surface area contributed by atoms with E-state index in [1.54, 1.807) is 6.92 Å². The summed E-state index contributed by atoms with van der Waals surface area (Å²) in [5.41, 5.74) is 0. The molecular weight excluding hydrogens is 313 g/mol. The van der Waals surface area contributed by atoms with Crippen molar-refractivity contribution >= 4 is 11.8 Å². The molecule has 1 atom stereocenters. The van der Waals surface area contributed by atoms with Gasteiger partial charge < -0.3 is 10.6 Å². The van der Waals surface area contributed by atoms with Crippen LogP contribution in [0.1, 0.15) is 19.8 Å². The Bertz CT molecular complexity index is 432. The molecule has 0 aromatic rings. The van der Waals surface area contributed by atoms with E-state index in [0.717, 1.165) is 12.8 Å². The van der Waals surface area contributed by atoms with Gasteiger partial charge in [-0.2, -0.15) is 13.2 Å². The lowest BCUT2D eigenvalue weighted by atomic mass is 10.2. The van der Waals surface area contributed by atoms with Crippen LogP contribution in [-0.2, 0) is 9.59 Å². The maximum atomic E-state index is 12.1. The average Bonchev–Trinajstić information content (AvgIpc) is 3.27. The number of amides is 2. The van der Waals surface area contributed by atoms with Crippen LogP contribution in [0.15, 0.2) is 0 Å². The van der Waals surface area contributed by atoms with Gasteiger partial charge in [-0.05, 0) is 19.8 Å². The molecule has 1 aliphatic heterocycles. The Morgan fingerprint density at radius 3 is 2.30 bits per heavy atom. The van der Waals surface area contributed by atoms with Gasteiger partial charge >= 0.3 is 6.18 Å². The predicted octanol–water partition coefficient (Wildman–Crippen LogP) is -0.0504. The maximum absolute atomic E-state index is 12.1. The normalized spacial score (nSPS) is 21.7. The van der Waals surface area contributed by atoms with Crippen molar-refractivity contribution in [2.24, 2.45) is 0 Å². The monoisotopic (exact) mass is 336 g/mol. The Morgan fingerprint density at radius 1 is 1.17 bits per heavy atom. The molecule has 1 unspecified atom stereocenters. The molecule has 1 heterocycles. The van der Waals surface area contributed by atoms with Gasteiger partial charge in [-0.25, -0.2) is 0 Å². The van der Waals surface area contributed by atoms with Crippen LogP contribution < -0.4 is 10.6 Å². The Balaban J connectivity index is 1.68. The smallest absolute Gasteiger partial charge is 0.352 e. The molecule has 0 radical (unpaired) electrons. The predicted molar refractivity (Wildman–Crippen MR) is 77.7 cm³/mol. The molecule has 132 valence electrons. The molecular formula is C14H23F3N4O2. The highest BCUT2D eigenvalue weighted by molar-refractivity contribution is 5.81. The number of hydrogen-bond donors (Lipinski definition) is 2. The highest BCUT2D eigenvalue weighted by Gasteiger charge is 2.31. The van der Waals surface area contributed by atoms with Crippen LogP contribution in [0.5, 0.6) is 0 Å². The van der Waals surface area contributed by atoms with Crippen LogP contribution in [0.4, 0.5) is 13.2 Å². The van der Waals surface area contributed by atoms with Crippen molar-refractivity contribution in [2.45, 2.75) is 38.0 Å². The van der Waals surface area contributed by atoms with Gasteiger partial charge in [0.25, 0.3) is 0 Å². The number of rotatable bonds is 6. The van der Waals surface area contributed by atoms with E-state index in [2.05, 4.69) is 5.32 Å². The van der Waals surface area contributed by atoms with Gasteiger partial charge in [-0.15, -0.1) is 0 Å². The third-order valence-electron chi connectivity index (χ3n) is 4.11. The van der Waals surface area contributed by atoms with Gasteiger partial charge in [-0.1, -0.05) is 0 Å². The van der Waals surface area contributed by atoms with Crippen LogP contribution in [0.3, 0.4) is 0 Å². The molecule has 1 saturated carbocycles. The Morgan fingerprint density at radius 2 is 1.78 bits per heavy atom. The second-order valence-electron chi connectivity index (χ2n) is 6.16. The van der Waals surface area contributed by atoms with Gasteiger partial charge in [0.05, 0.1) is 12.6 Å². The highest BCUT2D eigenvalue weighted by Crippen LogP contribution is 2.18. The number of nitrogens with zero attached hydrogens (tertiary/aromatic N) is 2. The number of alkyl halides is 3. The van der Waals surface area contributed by atoms with E-state index < -0.39 is 24.7 Å². The molecule has 1 aliphatic carbocycles. The second kappa shape index (κ2) is 7.48. The Labute approximate surface area is 133 Å². The first-order chi connectivity index (χ1) is 10.7. The first-order valence-electron chi connectivity index (χ1n) is 7.85. The van der Waals surface area contributed by atoms with Crippen molar-refractivity contribution in [1.82, 2.24) is 20.4 Å². The second-order valence-corrected chi connectivity index (χ2v) is 6.16. The zero-order chi connectivity index (χ0) is 17.0. The summed E-state index contributed by atoms with van der Waals surface area (Å²) in [4.78, 5) is 27.3. The van der Waals surface area contributed by atoms with Crippen molar-refractivity contribution < 1.29 is 22.8 Å². The highest BCUT2D eigenvalue weighted by atomic mass is 19.4. The minimum atomic E-state index is -4.40. The van der Waals surface area contributed by atoms with Crippen LogP contribution in [0.2, 0.25) is 0 Å². The standard InChI is InChI=1S/C14H23F3N4O2/c1-10(13(23)18-9-14(15,16)17)21-6-4-20(5-7-21)8-12(22)19-11-2-3-11/h10-11H,2-9H2,1H3,(H,18,23)(H,19,22). The summed E-state index contributed by atoms with van der Waals surface area (Å²) in [5.74, 6) is -0.612. The minimum Gasteiger partial charge on any atom is -0.352 e. The molecule has 0 aromatic carbocycles. The SMILES string of the molecule is CC(C(=O)NCC(F)(F)F)N1CCN(CC(=O)NC2CC2)CC1. The quantitative estimate of drug-likeness (QED) is 0.714. The largest absolute Gasteiger partial charge is 0.405 e. The van der Waals surface area contributed by atoms with Crippen LogP contribution >= 0.6 is 0 Å². The minimum absolute atomic E-state index is 0.0110. The number of carbonyl (C=O) groups excluding carboxylic acids is 2. The summed E-state index contributed by atoms with van der Waals surface area (Å²) in [6, 6.07) is -0.277. The van der Waals surface area contributed by atoms with Crippen molar-refractivity contribution in [3.8, 4) is 0 Å². The number of halogens is 3. The zero-order valence-electron chi connectivity index (χ0n) is 13.2. The van der Waals surface area contributed by atoms with Crippen molar-refractivity contribution in [3.05, 3.63) is 0 Å². The molecule has 0 aromatic heterocycles. The molecule has 6 nitrogen and oxygen atoms in total. The molecule has 0 spiro atoms. The van der Waals surface area contributed by atoms with E-state index in [9.17, 15) is 22.8 Å². The van der Waals surface area contributed by atoms with Gasteiger partial charge in [0.1, 0.15) is 6.54 Å². The van der Waals surface area contributed by atoms with Crippen molar-refractivity contribution in [2.75, 3.05) is 39.3 Å². The average molecular weight is 336 g/mol. The summed E-state index contributed by atoms with van der Waals surface area (Å²) in [6.45, 7) is 2.97. The van der Waals surface area contributed by atoms with Gasteiger partial charge in [-0.3, -0.25) is 19.4 Å². The van der Waals surface area contributed by atoms with Gasteiger partial charge in [0.2, 0.25) is 11.8 Å². The van der Waals surface area contributed by atoms with E-state index in [1.165, 1.54) is 0 Å². The summed E-state index contributed by atoms with van der Waals surface area (Å²) < 4.78 is 36.3. The van der Waals surface area contributed by atoms with Gasteiger partial charge in [0, 0.05) is 32.2 Å². The van der Waals surface area contributed by atoms with Crippen LogP contribution in [0, 0.1) is 0 Å². The molecule has 1 saturated heterocycles. The Hall–Kier alpha value is -1.35. The van der Waals surface area contributed by atoms with Crippen molar-refractivity contribution in [3.63, 3.8) is 0 Å². The molecule has 2 N–H and O–H groups in total. The van der Waals surface area contributed by atoms with Crippen LogP contribution in [-0.4, -0.2) is 79.1 Å². The van der Waals surface area contributed by atoms with E-state index in [-0.39, 0.29) is 5.91 Å². The lowest BCUT2D eigenvalue weighted by Crippen LogP contribution is -2.55. The van der Waals surface area contributed by atoms with E-state index in [0.29, 0.717) is 38.8 Å². The van der Waals surface area contributed by atoms with E-state index in [1.807, 2.05) is 15.1 Å². The fourth-order valence-electron chi connectivity index (χ4n) is 2.51. The zero-order valence-corrected chi connectivity index (χ0v) is 13.2. The maximum Gasteiger partial charge on any atom is 0.405 e. The molecule has 9 heteroatoms. The first kappa shape index (κ1) is 18.0. The lowest BCUT2D eigenvalue weighted by molar-refractivity contribution is -0.141. The van der Waals surface area contributed by atoms with Crippen LogP contribution in [0.25, 0.3) is 0 Å². The molecule has 23 heavy (non-hydrogen) atoms. The summed E-state index contributed by atoms with van der Waals surface area (Å²) >= 11 is 0. The van der Waals surface area contributed by atoms with Gasteiger partial charge in [0.15, 0.2) is 0 Å². The molecule has 2 fully saturated rings. The molecule has 0 bridgehead atoms. The fourth-order valence-corrected chi connectivity index (χ4v) is 2.51. The first-order valence-corrected chi connectivity index (χ1v) is 7.85. The third-order valence-corrected chi connectivity index (χ3v) is 4.11. The molecule has 2 aliphatic rings. The topological polar surface area (TPSA) is 64.7 Å².